The molecule has 4 rings (SSSR count). The van der Waals surface area contributed by atoms with Crippen LogP contribution in [0, 0.1) is 0 Å². The zero-order valence-corrected chi connectivity index (χ0v) is 15.5. The Labute approximate surface area is 168 Å². The zero-order chi connectivity index (χ0) is 20.5. The Bertz CT molecular complexity index is 1080. The van der Waals surface area contributed by atoms with Crippen molar-refractivity contribution in [3.05, 3.63) is 54.1 Å². The van der Waals surface area contributed by atoms with E-state index in [-0.39, 0.29) is 16.6 Å². The second-order valence-corrected chi connectivity index (χ2v) is 7.37. The van der Waals surface area contributed by atoms with Crippen molar-refractivity contribution in [2.45, 2.75) is 11.7 Å². The van der Waals surface area contributed by atoms with Crippen LogP contribution in [0.15, 0.2) is 58.7 Å². The summed E-state index contributed by atoms with van der Waals surface area (Å²) in [5.41, 5.74) is 1.67. The average molecular weight is 409 g/mol. The monoisotopic (exact) mass is 409 g/mol. The number of rotatable bonds is 4. The molecule has 2 aliphatic heterocycles. The molecule has 9 nitrogen and oxygen atoms in total. The summed E-state index contributed by atoms with van der Waals surface area (Å²) >= 11 is 0.924. The van der Waals surface area contributed by atoms with E-state index >= 15 is 0 Å². The largest absolute Gasteiger partial charge is 0.550 e. The summed E-state index contributed by atoms with van der Waals surface area (Å²) in [4.78, 5) is 37.1. The van der Waals surface area contributed by atoms with Gasteiger partial charge >= 0.3 is 0 Å². The zero-order valence-electron chi connectivity index (χ0n) is 14.7. The molecular weight excluding hydrogens is 396 g/mol. The van der Waals surface area contributed by atoms with E-state index in [0.717, 1.165) is 11.8 Å². The van der Waals surface area contributed by atoms with Crippen molar-refractivity contribution in [2.75, 3.05) is 10.2 Å². The van der Waals surface area contributed by atoms with Gasteiger partial charge in [0.1, 0.15) is 5.75 Å². The fourth-order valence-electron chi connectivity index (χ4n) is 2.95. The first kappa shape index (κ1) is 18.7. The first-order valence-corrected chi connectivity index (χ1v) is 9.38. The highest BCUT2D eigenvalue weighted by molar-refractivity contribution is 8.16. The van der Waals surface area contributed by atoms with Gasteiger partial charge in [-0.2, -0.15) is 0 Å². The third-order valence-corrected chi connectivity index (χ3v) is 5.40. The standard InChI is InChI=1S/C19H14N4O5S/c24-11-7-5-10(6-8-11)23-18(28)14(9-15(25)26)29-19(23)22-21-16-12-3-1-2-4-13(12)20-17(16)27/h1-8,14,24H,9H2,(H,25,26)(H,20,21,27)/p-1. The van der Waals surface area contributed by atoms with Gasteiger partial charge in [0.2, 0.25) is 5.91 Å². The molecular formula is C19H13N4O5S-. The number of hydrogen-bond donors (Lipinski definition) is 2. The van der Waals surface area contributed by atoms with Gasteiger partial charge in [-0.15, -0.1) is 10.2 Å². The second-order valence-electron chi connectivity index (χ2n) is 6.20. The highest BCUT2D eigenvalue weighted by Crippen LogP contribution is 2.34. The van der Waals surface area contributed by atoms with Crippen LogP contribution in [0.5, 0.6) is 5.75 Å². The molecule has 0 aliphatic carbocycles. The van der Waals surface area contributed by atoms with Crippen LogP contribution in [-0.4, -0.2) is 39.0 Å². The van der Waals surface area contributed by atoms with Gasteiger partial charge in [0.15, 0.2) is 10.9 Å². The predicted molar refractivity (Wildman–Crippen MR) is 106 cm³/mol. The molecule has 2 N–H and O–H groups in total. The molecule has 2 amide bonds. The molecule has 1 atom stereocenters. The van der Waals surface area contributed by atoms with E-state index < -0.39 is 29.5 Å². The number of phenolic OH excluding ortho intramolecular Hbond substituents is 1. The number of amides is 2. The van der Waals surface area contributed by atoms with Gasteiger partial charge in [0.05, 0.1) is 16.6 Å². The third kappa shape index (κ3) is 3.57. The molecule has 2 aromatic carbocycles. The van der Waals surface area contributed by atoms with Crippen LogP contribution in [0.4, 0.5) is 11.4 Å². The van der Waals surface area contributed by atoms with Crippen molar-refractivity contribution in [2.24, 2.45) is 10.2 Å². The van der Waals surface area contributed by atoms with Crippen molar-refractivity contribution in [1.82, 2.24) is 0 Å². The van der Waals surface area contributed by atoms with Gasteiger partial charge < -0.3 is 20.3 Å². The van der Waals surface area contributed by atoms with Crippen LogP contribution in [0.25, 0.3) is 0 Å². The van der Waals surface area contributed by atoms with Gasteiger partial charge in [-0.1, -0.05) is 30.0 Å². The molecule has 0 bridgehead atoms. The Kier molecular flexibility index (Phi) is 4.77. The van der Waals surface area contributed by atoms with Gasteiger partial charge in [0.25, 0.3) is 5.91 Å². The molecule has 1 unspecified atom stereocenters. The minimum Gasteiger partial charge on any atom is -0.550 e. The summed E-state index contributed by atoms with van der Waals surface area (Å²) in [6.07, 6.45) is -0.489. The van der Waals surface area contributed by atoms with Crippen molar-refractivity contribution >= 4 is 51.8 Å². The van der Waals surface area contributed by atoms with E-state index in [1.54, 1.807) is 24.3 Å². The van der Waals surface area contributed by atoms with Crippen molar-refractivity contribution in [1.29, 1.82) is 0 Å². The van der Waals surface area contributed by atoms with Crippen LogP contribution in [0.1, 0.15) is 12.0 Å². The highest BCUT2D eigenvalue weighted by atomic mass is 32.2. The number of hydrogen-bond acceptors (Lipinski definition) is 8. The molecule has 0 radical (unpaired) electrons. The van der Waals surface area contributed by atoms with E-state index in [9.17, 15) is 24.6 Å². The smallest absolute Gasteiger partial charge is 0.276 e. The topological polar surface area (TPSA) is 134 Å². The molecule has 0 aromatic heterocycles. The first-order valence-electron chi connectivity index (χ1n) is 8.50. The molecule has 10 heteroatoms. The fraction of sp³-hybridized carbons (Fsp3) is 0.105. The van der Waals surface area contributed by atoms with E-state index in [1.165, 1.54) is 29.2 Å². The van der Waals surface area contributed by atoms with Gasteiger partial charge in [-0.05, 0) is 30.3 Å². The quantitative estimate of drug-likeness (QED) is 0.714. The number of para-hydroxylation sites is 1. The minimum absolute atomic E-state index is 0.0114. The van der Waals surface area contributed by atoms with Gasteiger partial charge in [-0.3, -0.25) is 14.5 Å². The molecule has 0 spiro atoms. The maximum Gasteiger partial charge on any atom is 0.276 e. The maximum absolute atomic E-state index is 12.7. The molecule has 2 aromatic rings. The van der Waals surface area contributed by atoms with Crippen LogP contribution in [0.2, 0.25) is 0 Å². The summed E-state index contributed by atoms with van der Waals surface area (Å²) in [7, 11) is 0. The molecule has 0 saturated carbocycles. The highest BCUT2D eigenvalue weighted by Gasteiger charge is 2.39. The number of amidine groups is 1. The van der Waals surface area contributed by atoms with E-state index in [4.69, 9.17) is 0 Å². The number of fused-ring (bicyclic) bond motifs is 1. The second kappa shape index (κ2) is 7.40. The summed E-state index contributed by atoms with van der Waals surface area (Å²) in [6.45, 7) is 0. The Balaban J connectivity index is 1.73. The molecule has 2 heterocycles. The van der Waals surface area contributed by atoms with E-state index in [2.05, 4.69) is 15.5 Å². The lowest BCUT2D eigenvalue weighted by atomic mass is 10.1. The summed E-state index contributed by atoms with van der Waals surface area (Å²) in [6, 6.07) is 12.8. The maximum atomic E-state index is 12.7. The Morgan fingerprint density at radius 1 is 1.14 bits per heavy atom. The number of carboxylic acids is 1. The number of aromatic hydroxyl groups is 1. The lowest BCUT2D eigenvalue weighted by Crippen LogP contribution is -2.35. The normalized spacial score (nSPS) is 21.0. The summed E-state index contributed by atoms with van der Waals surface area (Å²) < 4.78 is 0. The fourth-order valence-corrected chi connectivity index (χ4v) is 4.02. The number of nitrogens with one attached hydrogen (secondary N) is 1. The van der Waals surface area contributed by atoms with E-state index in [0.29, 0.717) is 16.9 Å². The number of benzene rings is 2. The van der Waals surface area contributed by atoms with Crippen LogP contribution in [0.3, 0.4) is 0 Å². The van der Waals surface area contributed by atoms with Crippen molar-refractivity contribution < 1.29 is 24.6 Å². The summed E-state index contributed by atoms with van der Waals surface area (Å²) in [5, 5.41) is 30.5. The van der Waals surface area contributed by atoms with Crippen LogP contribution >= 0.6 is 11.8 Å². The Morgan fingerprint density at radius 3 is 2.59 bits per heavy atom. The Hall–Kier alpha value is -3.66. The van der Waals surface area contributed by atoms with Crippen molar-refractivity contribution in [3.63, 3.8) is 0 Å². The van der Waals surface area contributed by atoms with Crippen molar-refractivity contribution in [3.8, 4) is 5.75 Å². The number of phenols is 1. The molecule has 2 aliphatic rings. The number of aliphatic carboxylic acids is 1. The van der Waals surface area contributed by atoms with Gasteiger partial charge in [0, 0.05) is 18.0 Å². The number of anilines is 2. The molecule has 29 heavy (non-hydrogen) atoms. The number of carbonyl (C=O) groups is 3. The van der Waals surface area contributed by atoms with Gasteiger partial charge in [-0.25, -0.2) is 0 Å². The number of carbonyl (C=O) groups excluding carboxylic acids is 3. The number of carboxylic acid groups (broad SMARTS) is 1. The predicted octanol–water partition coefficient (Wildman–Crippen LogP) is 0.693. The summed E-state index contributed by atoms with van der Waals surface area (Å²) in [5.74, 6) is -2.28. The molecule has 1 fully saturated rings. The molecule has 146 valence electrons. The first-order chi connectivity index (χ1) is 13.9. The third-order valence-electron chi connectivity index (χ3n) is 4.28. The lowest BCUT2D eigenvalue weighted by molar-refractivity contribution is -0.305. The van der Waals surface area contributed by atoms with Crippen LogP contribution < -0.4 is 15.3 Å². The lowest BCUT2D eigenvalue weighted by Gasteiger charge is -2.16. The number of thioether (sulfide) groups is 1. The van der Waals surface area contributed by atoms with E-state index in [1.807, 2.05) is 0 Å². The SMILES string of the molecule is O=C([O-])CC1SC(=NN=C2C(=O)Nc3ccccc32)N(c2ccc(O)cc2)C1=O. The van der Waals surface area contributed by atoms with Crippen LogP contribution in [-0.2, 0) is 14.4 Å². The number of nitrogens with zero attached hydrogens (tertiary/aromatic N) is 3. The average Bonchev–Trinajstić information content (AvgIpc) is 3.16. The Morgan fingerprint density at radius 2 is 1.86 bits per heavy atom. The minimum atomic E-state index is -1.36. The molecule has 1 saturated heterocycles.